The number of methoxy groups -OCH3 is 1. The van der Waals surface area contributed by atoms with Crippen molar-refractivity contribution in [1.29, 1.82) is 0 Å². The third-order valence-corrected chi connectivity index (χ3v) is 5.06. The van der Waals surface area contributed by atoms with E-state index in [1.807, 2.05) is 12.1 Å². The van der Waals surface area contributed by atoms with E-state index in [0.29, 0.717) is 22.9 Å². The number of ether oxygens (including phenoxy) is 1. The lowest BCUT2D eigenvalue weighted by Crippen LogP contribution is -2.47. The summed E-state index contributed by atoms with van der Waals surface area (Å²) in [7, 11) is 1.56. The van der Waals surface area contributed by atoms with Crippen LogP contribution < -0.4 is 4.74 Å². The van der Waals surface area contributed by atoms with Gasteiger partial charge in [0.1, 0.15) is 11.9 Å². The fourth-order valence-electron chi connectivity index (χ4n) is 3.53. The summed E-state index contributed by atoms with van der Waals surface area (Å²) < 4.78 is 5.34. The molecule has 1 N–H and O–H groups in total. The number of aromatic nitrogens is 1. The Kier molecular flexibility index (Phi) is 6.12. The molecule has 0 bridgehead atoms. The highest BCUT2D eigenvalue weighted by Crippen LogP contribution is 2.33. The SMILES string of the molecule is COc1ccncc1[C@H](O)[C@H]1CCCCN1C(=O)Cc1cccc(Cl)c1. The van der Waals surface area contributed by atoms with Crippen LogP contribution in [0.25, 0.3) is 0 Å². The first-order chi connectivity index (χ1) is 12.6. The van der Waals surface area contributed by atoms with Gasteiger partial charge in [0.05, 0.1) is 19.6 Å². The zero-order chi connectivity index (χ0) is 18.5. The molecule has 3 rings (SSSR count). The van der Waals surface area contributed by atoms with Crippen LogP contribution in [0.15, 0.2) is 42.7 Å². The van der Waals surface area contributed by atoms with Crippen LogP contribution in [0, 0.1) is 0 Å². The number of carbonyl (C=O) groups is 1. The number of pyridine rings is 1. The van der Waals surface area contributed by atoms with Gasteiger partial charge in [-0.25, -0.2) is 0 Å². The number of rotatable bonds is 5. The van der Waals surface area contributed by atoms with Crippen LogP contribution in [0.3, 0.4) is 0 Å². The summed E-state index contributed by atoms with van der Waals surface area (Å²) in [5, 5.41) is 11.6. The van der Waals surface area contributed by atoms with E-state index in [1.54, 1.807) is 42.6 Å². The number of amides is 1. The van der Waals surface area contributed by atoms with E-state index in [1.165, 1.54) is 0 Å². The highest BCUT2D eigenvalue weighted by Gasteiger charge is 2.34. The van der Waals surface area contributed by atoms with Gasteiger partial charge in [0.2, 0.25) is 5.91 Å². The minimum Gasteiger partial charge on any atom is -0.496 e. The molecule has 1 amide bonds. The van der Waals surface area contributed by atoms with E-state index >= 15 is 0 Å². The van der Waals surface area contributed by atoms with Crippen molar-refractivity contribution >= 4 is 17.5 Å². The summed E-state index contributed by atoms with van der Waals surface area (Å²) in [5.74, 6) is 0.583. The average Bonchev–Trinajstić information content (AvgIpc) is 2.67. The molecule has 2 heterocycles. The number of carbonyl (C=O) groups excluding carboxylic acids is 1. The van der Waals surface area contributed by atoms with Crippen molar-refractivity contribution in [1.82, 2.24) is 9.88 Å². The second-order valence-corrected chi connectivity index (χ2v) is 6.96. The van der Waals surface area contributed by atoms with Crippen molar-refractivity contribution in [2.45, 2.75) is 37.8 Å². The van der Waals surface area contributed by atoms with Crippen LogP contribution >= 0.6 is 11.6 Å². The fraction of sp³-hybridized carbons (Fsp3) is 0.400. The van der Waals surface area contributed by atoms with E-state index in [0.717, 1.165) is 24.8 Å². The molecule has 1 saturated heterocycles. The Morgan fingerprint density at radius 2 is 2.27 bits per heavy atom. The lowest BCUT2D eigenvalue weighted by Gasteiger charge is -2.39. The van der Waals surface area contributed by atoms with Crippen LogP contribution in [-0.2, 0) is 11.2 Å². The molecule has 1 fully saturated rings. The molecule has 5 nitrogen and oxygen atoms in total. The van der Waals surface area contributed by atoms with E-state index in [9.17, 15) is 9.90 Å². The van der Waals surface area contributed by atoms with Gasteiger partial charge in [-0.1, -0.05) is 23.7 Å². The Hall–Kier alpha value is -2.11. The molecule has 0 saturated carbocycles. The zero-order valence-electron chi connectivity index (χ0n) is 14.8. The quantitative estimate of drug-likeness (QED) is 0.871. The summed E-state index contributed by atoms with van der Waals surface area (Å²) >= 11 is 6.02. The maximum atomic E-state index is 12.9. The topological polar surface area (TPSA) is 62.7 Å². The van der Waals surface area contributed by atoms with Crippen LogP contribution in [0.4, 0.5) is 0 Å². The molecular weight excluding hydrogens is 352 g/mol. The Bertz CT molecular complexity index is 768. The zero-order valence-corrected chi connectivity index (χ0v) is 15.5. The highest BCUT2D eigenvalue weighted by atomic mass is 35.5. The highest BCUT2D eigenvalue weighted by molar-refractivity contribution is 6.30. The molecule has 0 radical (unpaired) electrons. The fourth-order valence-corrected chi connectivity index (χ4v) is 3.74. The molecule has 26 heavy (non-hydrogen) atoms. The summed E-state index contributed by atoms with van der Waals surface area (Å²) in [6, 6.07) is 8.77. The van der Waals surface area contributed by atoms with Gasteiger partial charge in [-0.05, 0) is 43.0 Å². The maximum Gasteiger partial charge on any atom is 0.227 e. The third-order valence-electron chi connectivity index (χ3n) is 4.83. The average molecular weight is 375 g/mol. The molecule has 2 aromatic rings. The molecule has 0 spiro atoms. The van der Waals surface area contributed by atoms with Crippen molar-refractivity contribution in [2.75, 3.05) is 13.7 Å². The maximum absolute atomic E-state index is 12.9. The predicted molar refractivity (Wildman–Crippen MR) is 100 cm³/mol. The molecule has 6 heteroatoms. The second-order valence-electron chi connectivity index (χ2n) is 6.52. The van der Waals surface area contributed by atoms with Crippen LogP contribution in [0.5, 0.6) is 5.75 Å². The number of hydrogen-bond donors (Lipinski definition) is 1. The smallest absolute Gasteiger partial charge is 0.227 e. The van der Waals surface area contributed by atoms with Gasteiger partial charge in [-0.2, -0.15) is 0 Å². The molecule has 2 atom stereocenters. The standard InChI is InChI=1S/C20H23ClN2O3/c1-26-18-8-9-22-13-16(18)20(25)17-7-2-3-10-23(17)19(24)12-14-5-4-6-15(21)11-14/h4-6,8-9,11,13,17,20,25H,2-3,7,10,12H2,1H3/t17-,20+/m1/s1. The van der Waals surface area contributed by atoms with Gasteiger partial charge in [-0.15, -0.1) is 0 Å². The van der Waals surface area contributed by atoms with Crippen LogP contribution in [-0.4, -0.2) is 40.6 Å². The lowest BCUT2D eigenvalue weighted by molar-refractivity contribution is -0.137. The van der Waals surface area contributed by atoms with Crippen molar-refractivity contribution < 1.29 is 14.6 Å². The molecule has 1 aliphatic heterocycles. The number of benzene rings is 1. The number of piperidine rings is 1. The Labute approximate surface area is 158 Å². The van der Waals surface area contributed by atoms with Gasteiger partial charge in [0, 0.05) is 29.5 Å². The predicted octanol–water partition coefficient (Wildman–Crippen LogP) is 3.40. The molecule has 1 aliphatic rings. The Morgan fingerprint density at radius 1 is 1.42 bits per heavy atom. The molecular formula is C20H23ClN2O3. The van der Waals surface area contributed by atoms with Crippen LogP contribution in [0.2, 0.25) is 5.02 Å². The number of hydrogen-bond acceptors (Lipinski definition) is 4. The number of aliphatic hydroxyl groups is 1. The van der Waals surface area contributed by atoms with Crippen molar-refractivity contribution in [2.24, 2.45) is 0 Å². The lowest BCUT2D eigenvalue weighted by atomic mass is 9.92. The van der Waals surface area contributed by atoms with Gasteiger partial charge >= 0.3 is 0 Å². The molecule has 0 aliphatic carbocycles. The van der Waals surface area contributed by atoms with Gasteiger partial charge < -0.3 is 14.7 Å². The van der Waals surface area contributed by atoms with Crippen molar-refractivity contribution in [3.63, 3.8) is 0 Å². The first-order valence-corrected chi connectivity index (χ1v) is 9.18. The molecule has 1 aromatic carbocycles. The minimum atomic E-state index is -0.831. The van der Waals surface area contributed by atoms with E-state index in [4.69, 9.17) is 16.3 Å². The number of aliphatic hydroxyl groups excluding tert-OH is 1. The van der Waals surface area contributed by atoms with Gasteiger partial charge in [0.15, 0.2) is 0 Å². The van der Waals surface area contributed by atoms with Gasteiger partial charge in [0.25, 0.3) is 0 Å². The molecule has 0 unspecified atom stereocenters. The summed E-state index contributed by atoms with van der Waals surface area (Å²) in [4.78, 5) is 18.8. The largest absolute Gasteiger partial charge is 0.496 e. The normalized spacial score (nSPS) is 18.4. The summed E-state index contributed by atoms with van der Waals surface area (Å²) in [6.45, 7) is 0.643. The van der Waals surface area contributed by atoms with Crippen molar-refractivity contribution in [3.8, 4) is 5.75 Å². The second kappa shape index (κ2) is 8.52. The Balaban J connectivity index is 1.79. The number of likely N-dealkylation sites (tertiary alicyclic amines) is 1. The van der Waals surface area contributed by atoms with Crippen LogP contribution in [0.1, 0.15) is 36.5 Å². The van der Waals surface area contributed by atoms with Crippen molar-refractivity contribution in [3.05, 3.63) is 58.9 Å². The molecule has 138 valence electrons. The van der Waals surface area contributed by atoms with Gasteiger partial charge in [-0.3, -0.25) is 9.78 Å². The van der Waals surface area contributed by atoms with E-state index in [2.05, 4.69) is 4.98 Å². The third kappa shape index (κ3) is 4.17. The van der Waals surface area contributed by atoms with E-state index in [-0.39, 0.29) is 18.4 Å². The molecule has 1 aromatic heterocycles. The first kappa shape index (κ1) is 18.7. The minimum absolute atomic E-state index is 0.00104. The monoisotopic (exact) mass is 374 g/mol. The number of nitrogens with zero attached hydrogens (tertiary/aromatic N) is 2. The summed E-state index contributed by atoms with van der Waals surface area (Å²) in [5.41, 5.74) is 1.49. The van der Waals surface area contributed by atoms with E-state index < -0.39 is 6.10 Å². The summed E-state index contributed by atoms with van der Waals surface area (Å²) in [6.07, 6.45) is 5.34. The Morgan fingerprint density at radius 3 is 3.04 bits per heavy atom. The number of halogens is 1. The first-order valence-electron chi connectivity index (χ1n) is 8.80.